The van der Waals surface area contributed by atoms with Crippen LogP contribution < -0.4 is 5.32 Å². The van der Waals surface area contributed by atoms with Crippen LogP contribution >= 0.6 is 0 Å². The van der Waals surface area contributed by atoms with E-state index in [1.54, 1.807) is 12.1 Å². The molecule has 1 amide bonds. The molecule has 5 rings (SSSR count). The molecule has 0 atom stereocenters. The van der Waals surface area contributed by atoms with Gasteiger partial charge in [0.2, 0.25) is 6.41 Å². The number of aliphatic hydroxyl groups is 1. The molecule has 2 saturated carbocycles. The Morgan fingerprint density at radius 1 is 1.06 bits per heavy atom. The maximum absolute atomic E-state index is 14.1. The Bertz CT molecular complexity index is 1070. The number of aromatic nitrogens is 1. The number of halogens is 3. The molecule has 164 valence electrons. The zero-order valence-corrected chi connectivity index (χ0v) is 17.1. The number of rotatable bonds is 5. The van der Waals surface area contributed by atoms with Gasteiger partial charge < -0.3 is 15.4 Å². The summed E-state index contributed by atoms with van der Waals surface area (Å²) in [5.41, 5.74) is 2.58. The Morgan fingerprint density at radius 3 is 2.26 bits per heavy atom. The van der Waals surface area contributed by atoms with Crippen molar-refractivity contribution in [1.82, 2.24) is 10.3 Å². The van der Waals surface area contributed by atoms with Crippen LogP contribution in [-0.4, -0.2) is 28.6 Å². The van der Waals surface area contributed by atoms with Gasteiger partial charge in [-0.25, -0.2) is 13.2 Å². The zero-order chi connectivity index (χ0) is 22.0. The zero-order valence-electron chi connectivity index (χ0n) is 17.1. The number of aromatic amines is 1. The number of amides is 1. The monoisotopic (exact) mass is 430 g/mol. The number of aliphatic hydroxyl groups excluding tert-OH is 1. The molecule has 4 nitrogen and oxygen atoms in total. The third-order valence-electron chi connectivity index (χ3n) is 6.49. The standard InChI is InChI=1S/C18H14F3N.C6H11NO2/c19-12-6-4-11(5-7-12)17-16(10-2-1-3-10)14-8-13(20)9-15(21)18(14)22-17;8-4-6(7-5-9)2-1-3-6/h4-10,22H,1-3H2;5,8H,1-4H2,(H,7,9). The van der Waals surface area contributed by atoms with E-state index in [1.807, 2.05) is 0 Å². The number of nitrogens with one attached hydrogen (secondary N) is 2. The van der Waals surface area contributed by atoms with Crippen molar-refractivity contribution in [3.8, 4) is 11.3 Å². The van der Waals surface area contributed by atoms with Gasteiger partial charge in [0.1, 0.15) is 17.5 Å². The van der Waals surface area contributed by atoms with Gasteiger partial charge in [-0.05, 0) is 79.5 Å². The van der Waals surface area contributed by atoms with E-state index < -0.39 is 11.6 Å². The molecule has 2 fully saturated rings. The summed E-state index contributed by atoms with van der Waals surface area (Å²) in [6, 6.07) is 8.35. The molecule has 7 heteroatoms. The van der Waals surface area contributed by atoms with Gasteiger partial charge >= 0.3 is 0 Å². The van der Waals surface area contributed by atoms with Crippen LogP contribution in [0.1, 0.15) is 50.0 Å². The van der Waals surface area contributed by atoms with E-state index in [4.69, 9.17) is 5.11 Å². The lowest BCUT2D eigenvalue weighted by Gasteiger charge is -2.39. The first-order valence-corrected chi connectivity index (χ1v) is 10.5. The van der Waals surface area contributed by atoms with Gasteiger partial charge in [0.05, 0.1) is 23.4 Å². The van der Waals surface area contributed by atoms with Gasteiger partial charge in [-0.2, -0.15) is 0 Å². The highest BCUT2D eigenvalue weighted by Gasteiger charge is 2.35. The van der Waals surface area contributed by atoms with Gasteiger partial charge in [-0.1, -0.05) is 6.42 Å². The van der Waals surface area contributed by atoms with E-state index in [0.717, 1.165) is 61.4 Å². The van der Waals surface area contributed by atoms with Crippen LogP contribution in [0, 0.1) is 17.5 Å². The molecule has 0 spiro atoms. The van der Waals surface area contributed by atoms with Gasteiger partial charge in [0.15, 0.2) is 0 Å². The van der Waals surface area contributed by atoms with Crippen molar-refractivity contribution >= 4 is 17.3 Å². The van der Waals surface area contributed by atoms with Crippen LogP contribution in [0.3, 0.4) is 0 Å². The molecule has 0 aliphatic heterocycles. The van der Waals surface area contributed by atoms with Crippen LogP contribution in [0.15, 0.2) is 36.4 Å². The quantitative estimate of drug-likeness (QED) is 0.489. The second-order valence-electron chi connectivity index (χ2n) is 8.41. The first-order valence-electron chi connectivity index (χ1n) is 10.5. The van der Waals surface area contributed by atoms with Crippen molar-refractivity contribution < 1.29 is 23.1 Å². The van der Waals surface area contributed by atoms with E-state index in [2.05, 4.69) is 10.3 Å². The van der Waals surface area contributed by atoms with Crippen molar-refractivity contribution in [2.24, 2.45) is 0 Å². The minimum atomic E-state index is -0.594. The molecule has 0 bridgehead atoms. The van der Waals surface area contributed by atoms with Crippen LogP contribution in [0.25, 0.3) is 22.2 Å². The fraction of sp³-hybridized carbons (Fsp3) is 0.375. The second-order valence-corrected chi connectivity index (χ2v) is 8.41. The van der Waals surface area contributed by atoms with Gasteiger partial charge in [0, 0.05) is 11.5 Å². The summed E-state index contributed by atoms with van der Waals surface area (Å²) in [5.74, 6) is -1.18. The van der Waals surface area contributed by atoms with Gasteiger partial charge in [0.25, 0.3) is 0 Å². The molecule has 31 heavy (non-hydrogen) atoms. The molecule has 2 aliphatic carbocycles. The predicted molar refractivity (Wildman–Crippen MR) is 113 cm³/mol. The summed E-state index contributed by atoms with van der Waals surface area (Å²) >= 11 is 0. The third kappa shape index (κ3) is 4.19. The van der Waals surface area contributed by atoms with Crippen molar-refractivity contribution in [2.75, 3.05) is 6.61 Å². The van der Waals surface area contributed by atoms with Crippen molar-refractivity contribution in [3.05, 3.63) is 59.4 Å². The first-order chi connectivity index (χ1) is 15.0. The average Bonchev–Trinajstić information content (AvgIpc) is 3.04. The Kier molecular flexibility index (Phi) is 6.05. The number of carbonyl (C=O) groups excluding carboxylic acids is 1. The molecule has 2 aromatic carbocycles. The molecule has 1 aromatic heterocycles. The van der Waals surface area contributed by atoms with E-state index in [0.29, 0.717) is 23.2 Å². The highest BCUT2D eigenvalue weighted by atomic mass is 19.1. The summed E-state index contributed by atoms with van der Waals surface area (Å²) in [5, 5.41) is 12.0. The van der Waals surface area contributed by atoms with E-state index in [9.17, 15) is 18.0 Å². The average molecular weight is 430 g/mol. The molecule has 0 unspecified atom stereocenters. The van der Waals surface area contributed by atoms with E-state index >= 15 is 0 Å². The minimum absolute atomic E-state index is 0.0751. The molecule has 3 N–H and O–H groups in total. The highest BCUT2D eigenvalue weighted by Crippen LogP contribution is 2.45. The summed E-state index contributed by atoms with van der Waals surface area (Å²) in [4.78, 5) is 13.0. The smallest absolute Gasteiger partial charge is 0.207 e. The van der Waals surface area contributed by atoms with Crippen LogP contribution in [0.4, 0.5) is 13.2 Å². The predicted octanol–water partition coefficient (Wildman–Crippen LogP) is 5.17. The lowest BCUT2D eigenvalue weighted by atomic mass is 9.78. The van der Waals surface area contributed by atoms with E-state index in [1.165, 1.54) is 18.2 Å². The summed E-state index contributed by atoms with van der Waals surface area (Å²) in [6.07, 6.45) is 6.76. The fourth-order valence-corrected chi connectivity index (χ4v) is 4.28. The Balaban J connectivity index is 0.000000217. The maximum atomic E-state index is 14.1. The summed E-state index contributed by atoms with van der Waals surface area (Å²) in [7, 11) is 0. The topological polar surface area (TPSA) is 65.1 Å². The van der Waals surface area contributed by atoms with Crippen LogP contribution in [0.2, 0.25) is 0 Å². The van der Waals surface area contributed by atoms with Gasteiger partial charge in [-0.3, -0.25) is 4.79 Å². The summed E-state index contributed by atoms with van der Waals surface area (Å²) in [6.45, 7) is 0.0751. The number of fused-ring (bicyclic) bond motifs is 1. The molecule has 1 heterocycles. The fourth-order valence-electron chi connectivity index (χ4n) is 4.28. The minimum Gasteiger partial charge on any atom is -0.394 e. The van der Waals surface area contributed by atoms with E-state index in [-0.39, 0.29) is 18.0 Å². The number of carbonyl (C=O) groups is 1. The SMILES string of the molecule is Fc1ccc(-c2[nH]c3c(F)cc(F)cc3c2C2CCC2)cc1.O=CNC1(CO)CCC1. The van der Waals surface area contributed by atoms with Crippen molar-refractivity contribution in [3.63, 3.8) is 0 Å². The largest absolute Gasteiger partial charge is 0.394 e. The molecule has 0 radical (unpaired) electrons. The number of H-pyrrole nitrogens is 1. The highest BCUT2D eigenvalue weighted by molar-refractivity contribution is 5.92. The lowest BCUT2D eigenvalue weighted by Crippen LogP contribution is -2.53. The lowest BCUT2D eigenvalue weighted by molar-refractivity contribution is -0.113. The molecular formula is C24H25F3N2O2. The number of benzene rings is 2. The van der Waals surface area contributed by atoms with Crippen molar-refractivity contribution in [2.45, 2.75) is 50.0 Å². The van der Waals surface area contributed by atoms with Crippen LogP contribution in [0.5, 0.6) is 0 Å². The number of hydrogen-bond acceptors (Lipinski definition) is 2. The van der Waals surface area contributed by atoms with Gasteiger partial charge in [-0.15, -0.1) is 0 Å². The Labute approximate surface area is 178 Å². The molecule has 3 aromatic rings. The molecule has 0 saturated heterocycles. The number of hydrogen-bond donors (Lipinski definition) is 3. The first kappa shape index (κ1) is 21.4. The van der Waals surface area contributed by atoms with Crippen LogP contribution in [-0.2, 0) is 4.79 Å². The third-order valence-corrected chi connectivity index (χ3v) is 6.49. The molecular weight excluding hydrogens is 405 g/mol. The summed E-state index contributed by atoms with van der Waals surface area (Å²) < 4.78 is 40.8. The normalized spacial score (nSPS) is 17.3. The Hall–Kier alpha value is -2.80. The maximum Gasteiger partial charge on any atom is 0.207 e. The second kappa shape index (κ2) is 8.75. The van der Waals surface area contributed by atoms with Crippen molar-refractivity contribution in [1.29, 1.82) is 0 Å². The Morgan fingerprint density at radius 2 is 1.77 bits per heavy atom. The molecule has 2 aliphatic rings.